The zero-order valence-corrected chi connectivity index (χ0v) is 16.5. The van der Waals surface area contributed by atoms with E-state index < -0.39 is 0 Å². The monoisotopic (exact) mass is 384 g/mol. The maximum absolute atomic E-state index is 12.3. The SMILES string of the molecule is Cn1nc(CN2CCN(CCn3nc4c(cc3=O)CCCC4)CC2)ccc1=O. The largest absolute Gasteiger partial charge is 0.299 e. The van der Waals surface area contributed by atoms with Crippen LogP contribution < -0.4 is 11.1 Å². The fraction of sp³-hybridized carbons (Fsp3) is 0.600. The van der Waals surface area contributed by atoms with Crippen molar-refractivity contribution in [3.63, 3.8) is 0 Å². The Bertz CT molecular complexity index is 942. The lowest BCUT2D eigenvalue weighted by Crippen LogP contribution is -2.47. The number of aromatic nitrogens is 4. The summed E-state index contributed by atoms with van der Waals surface area (Å²) in [5.74, 6) is 0. The Morgan fingerprint density at radius 1 is 0.893 bits per heavy atom. The van der Waals surface area contributed by atoms with Gasteiger partial charge in [0.1, 0.15) is 0 Å². The zero-order valence-electron chi connectivity index (χ0n) is 16.5. The Hall–Kier alpha value is -2.32. The van der Waals surface area contributed by atoms with Gasteiger partial charge in [0.05, 0.1) is 17.9 Å². The molecule has 4 rings (SSSR count). The van der Waals surface area contributed by atoms with Crippen molar-refractivity contribution >= 4 is 0 Å². The topological polar surface area (TPSA) is 76.3 Å². The van der Waals surface area contributed by atoms with Gasteiger partial charge in [-0.1, -0.05) is 0 Å². The molecule has 1 fully saturated rings. The van der Waals surface area contributed by atoms with Gasteiger partial charge in [0.15, 0.2) is 0 Å². The summed E-state index contributed by atoms with van der Waals surface area (Å²) >= 11 is 0. The smallest absolute Gasteiger partial charge is 0.267 e. The number of piperazine rings is 1. The second-order valence-corrected chi connectivity index (χ2v) is 7.79. The van der Waals surface area contributed by atoms with E-state index in [1.807, 2.05) is 6.07 Å². The molecule has 150 valence electrons. The first-order valence-electron chi connectivity index (χ1n) is 10.2. The lowest BCUT2D eigenvalue weighted by Gasteiger charge is -2.34. The van der Waals surface area contributed by atoms with E-state index in [0.29, 0.717) is 6.54 Å². The summed E-state index contributed by atoms with van der Waals surface area (Å²) < 4.78 is 3.03. The highest BCUT2D eigenvalue weighted by Crippen LogP contribution is 2.16. The van der Waals surface area contributed by atoms with Crippen molar-refractivity contribution in [2.45, 2.75) is 38.8 Å². The highest BCUT2D eigenvalue weighted by molar-refractivity contribution is 5.20. The van der Waals surface area contributed by atoms with Crippen molar-refractivity contribution < 1.29 is 0 Å². The van der Waals surface area contributed by atoms with Crippen LogP contribution in [0.15, 0.2) is 27.8 Å². The molecule has 1 aliphatic carbocycles. The molecule has 0 spiro atoms. The van der Waals surface area contributed by atoms with Gasteiger partial charge in [-0.15, -0.1) is 0 Å². The summed E-state index contributed by atoms with van der Waals surface area (Å²) in [6.45, 7) is 6.09. The van der Waals surface area contributed by atoms with E-state index in [4.69, 9.17) is 0 Å². The Kier molecular flexibility index (Phi) is 5.68. The molecule has 0 bridgehead atoms. The van der Waals surface area contributed by atoms with E-state index in [9.17, 15) is 9.59 Å². The third-order valence-corrected chi connectivity index (χ3v) is 5.77. The molecule has 8 heteroatoms. The predicted octanol–water partition coefficient (Wildman–Crippen LogP) is 0.0336. The van der Waals surface area contributed by atoms with Gasteiger partial charge in [-0.25, -0.2) is 9.36 Å². The van der Waals surface area contributed by atoms with E-state index in [2.05, 4.69) is 20.0 Å². The van der Waals surface area contributed by atoms with Crippen molar-refractivity contribution in [3.05, 3.63) is 55.9 Å². The molecule has 28 heavy (non-hydrogen) atoms. The number of rotatable bonds is 5. The van der Waals surface area contributed by atoms with Crippen LogP contribution in [0.5, 0.6) is 0 Å². The zero-order chi connectivity index (χ0) is 19.5. The van der Waals surface area contributed by atoms with E-state index in [1.54, 1.807) is 23.9 Å². The first-order chi connectivity index (χ1) is 13.6. The van der Waals surface area contributed by atoms with Gasteiger partial charge in [0.2, 0.25) is 0 Å². The Balaban J connectivity index is 1.28. The van der Waals surface area contributed by atoms with Crippen LogP contribution in [0.25, 0.3) is 0 Å². The minimum Gasteiger partial charge on any atom is -0.299 e. The number of hydrogen-bond donors (Lipinski definition) is 0. The maximum atomic E-state index is 12.3. The van der Waals surface area contributed by atoms with E-state index in [1.165, 1.54) is 11.1 Å². The molecule has 0 aromatic carbocycles. The lowest BCUT2D eigenvalue weighted by molar-refractivity contribution is 0.121. The fourth-order valence-electron chi connectivity index (χ4n) is 4.03. The van der Waals surface area contributed by atoms with Crippen molar-refractivity contribution in [1.29, 1.82) is 0 Å². The van der Waals surface area contributed by atoms with Crippen LogP contribution >= 0.6 is 0 Å². The minimum absolute atomic E-state index is 0.0278. The van der Waals surface area contributed by atoms with Crippen molar-refractivity contribution in [3.8, 4) is 0 Å². The highest BCUT2D eigenvalue weighted by atomic mass is 16.1. The van der Waals surface area contributed by atoms with Gasteiger partial charge in [-0.05, 0) is 37.3 Å². The Morgan fingerprint density at radius 2 is 1.64 bits per heavy atom. The van der Waals surface area contributed by atoms with Gasteiger partial charge in [-0.2, -0.15) is 10.2 Å². The fourth-order valence-corrected chi connectivity index (χ4v) is 4.03. The second kappa shape index (κ2) is 8.36. The number of aryl methyl sites for hydroxylation is 3. The third-order valence-electron chi connectivity index (χ3n) is 5.77. The minimum atomic E-state index is -0.0837. The van der Waals surface area contributed by atoms with Gasteiger partial charge in [0, 0.05) is 58.4 Å². The highest BCUT2D eigenvalue weighted by Gasteiger charge is 2.18. The molecule has 0 atom stereocenters. The van der Waals surface area contributed by atoms with Crippen molar-refractivity contribution in [2.75, 3.05) is 32.7 Å². The summed E-state index contributed by atoms with van der Waals surface area (Å²) in [5, 5.41) is 8.92. The van der Waals surface area contributed by atoms with E-state index >= 15 is 0 Å². The Labute approximate surface area is 164 Å². The number of fused-ring (bicyclic) bond motifs is 1. The molecule has 0 N–H and O–H groups in total. The van der Waals surface area contributed by atoms with Gasteiger partial charge in [-0.3, -0.25) is 19.4 Å². The van der Waals surface area contributed by atoms with Crippen LogP contribution in [0, 0.1) is 0 Å². The third kappa shape index (κ3) is 4.39. The summed E-state index contributed by atoms with van der Waals surface area (Å²) in [5.41, 5.74) is 3.12. The lowest BCUT2D eigenvalue weighted by atomic mass is 9.97. The molecule has 3 heterocycles. The molecule has 0 radical (unpaired) electrons. The molecule has 1 saturated heterocycles. The molecule has 0 saturated carbocycles. The molecule has 8 nitrogen and oxygen atoms in total. The van der Waals surface area contributed by atoms with Crippen LogP contribution in [-0.4, -0.2) is 62.1 Å². The normalized spacial score (nSPS) is 18.2. The summed E-state index contributed by atoms with van der Waals surface area (Å²) in [7, 11) is 1.68. The average Bonchev–Trinajstić information content (AvgIpc) is 2.70. The molecule has 1 aliphatic heterocycles. The van der Waals surface area contributed by atoms with Gasteiger partial charge in [0.25, 0.3) is 11.1 Å². The molecule has 2 aromatic heterocycles. The summed E-state index contributed by atoms with van der Waals surface area (Å²) in [6, 6.07) is 5.17. The standard InChI is InChI=1S/C20H28N6O2/c1-23-19(27)7-6-17(21-23)15-25-10-8-24(9-11-25)12-13-26-20(28)14-16-4-2-3-5-18(16)22-26/h6-7,14H,2-5,8-13,15H2,1H3. The average molecular weight is 384 g/mol. The number of hydrogen-bond acceptors (Lipinski definition) is 6. The maximum Gasteiger partial charge on any atom is 0.267 e. The first-order valence-corrected chi connectivity index (χ1v) is 10.2. The first kappa shape index (κ1) is 19.0. The van der Waals surface area contributed by atoms with Gasteiger partial charge < -0.3 is 0 Å². The molecule has 0 amide bonds. The predicted molar refractivity (Wildman–Crippen MR) is 106 cm³/mol. The van der Waals surface area contributed by atoms with Crippen LogP contribution in [0.1, 0.15) is 29.8 Å². The molecule has 2 aliphatic rings. The van der Waals surface area contributed by atoms with Crippen LogP contribution in [0.3, 0.4) is 0 Å². The molecule has 0 unspecified atom stereocenters. The van der Waals surface area contributed by atoms with E-state index in [0.717, 1.165) is 75.5 Å². The van der Waals surface area contributed by atoms with Gasteiger partial charge >= 0.3 is 0 Å². The van der Waals surface area contributed by atoms with Crippen LogP contribution in [0.2, 0.25) is 0 Å². The van der Waals surface area contributed by atoms with E-state index in [-0.39, 0.29) is 11.1 Å². The summed E-state index contributed by atoms with van der Waals surface area (Å²) in [6.07, 6.45) is 4.32. The molecule has 2 aromatic rings. The molecular formula is C20H28N6O2. The molecular weight excluding hydrogens is 356 g/mol. The van der Waals surface area contributed by atoms with Crippen LogP contribution in [0.4, 0.5) is 0 Å². The van der Waals surface area contributed by atoms with Crippen LogP contribution in [-0.2, 0) is 33.0 Å². The number of nitrogens with zero attached hydrogens (tertiary/aromatic N) is 6. The van der Waals surface area contributed by atoms with Crippen molar-refractivity contribution in [1.82, 2.24) is 29.4 Å². The second-order valence-electron chi connectivity index (χ2n) is 7.79. The Morgan fingerprint density at radius 3 is 2.43 bits per heavy atom. The summed E-state index contributed by atoms with van der Waals surface area (Å²) in [4.78, 5) is 28.5. The quantitative estimate of drug-likeness (QED) is 0.724. The van der Waals surface area contributed by atoms with Crippen molar-refractivity contribution in [2.24, 2.45) is 7.05 Å².